The van der Waals surface area contributed by atoms with Crippen LogP contribution in [0.1, 0.15) is 35.2 Å². The molecule has 7 heteroatoms. The van der Waals surface area contributed by atoms with Crippen molar-refractivity contribution in [1.82, 2.24) is 4.72 Å². The summed E-state index contributed by atoms with van der Waals surface area (Å²) in [6.07, 6.45) is 2.58. The average Bonchev–Trinajstić information content (AvgIpc) is 2.22. The molecule has 1 aliphatic carbocycles. The monoisotopic (exact) mass is 285 g/mol. The van der Waals surface area contributed by atoms with Gasteiger partial charge in [0, 0.05) is 6.04 Å². The van der Waals surface area contributed by atoms with Gasteiger partial charge in [0.25, 0.3) is 0 Å². The van der Waals surface area contributed by atoms with Gasteiger partial charge >= 0.3 is 5.97 Å². The molecule has 2 rings (SSSR count). The third kappa shape index (κ3) is 2.71. The minimum absolute atomic E-state index is 0.0773. The first kappa shape index (κ1) is 13.8. The van der Waals surface area contributed by atoms with E-state index in [1.54, 1.807) is 0 Å². The van der Waals surface area contributed by atoms with Crippen LogP contribution in [0, 0.1) is 6.92 Å². The van der Waals surface area contributed by atoms with Crippen LogP contribution in [0.25, 0.3) is 0 Å². The number of hydrogen-bond donors (Lipinski definition) is 3. The first-order valence-corrected chi connectivity index (χ1v) is 7.39. The highest BCUT2D eigenvalue weighted by molar-refractivity contribution is 7.89. The van der Waals surface area contributed by atoms with E-state index in [0.717, 1.165) is 31.4 Å². The number of benzene rings is 1. The van der Waals surface area contributed by atoms with Gasteiger partial charge in [-0.25, -0.2) is 17.9 Å². The van der Waals surface area contributed by atoms with E-state index in [1.165, 1.54) is 6.92 Å². The van der Waals surface area contributed by atoms with E-state index < -0.39 is 27.3 Å². The van der Waals surface area contributed by atoms with Crippen LogP contribution < -0.4 is 4.72 Å². The van der Waals surface area contributed by atoms with Gasteiger partial charge in [0.05, 0.1) is 4.90 Å². The van der Waals surface area contributed by atoms with Crippen molar-refractivity contribution in [2.45, 2.75) is 37.1 Å². The SMILES string of the molecule is Cc1cc(O)c(C(=O)O)cc1S(=O)(=O)NC1CCC1. The second-order valence-electron chi connectivity index (χ2n) is 4.69. The fraction of sp³-hybridized carbons (Fsp3) is 0.417. The van der Waals surface area contributed by atoms with E-state index in [-0.39, 0.29) is 10.9 Å². The summed E-state index contributed by atoms with van der Waals surface area (Å²) in [5, 5.41) is 18.4. The number of phenols is 1. The van der Waals surface area contributed by atoms with Gasteiger partial charge in [-0.2, -0.15) is 0 Å². The lowest BCUT2D eigenvalue weighted by Gasteiger charge is -2.26. The van der Waals surface area contributed by atoms with Crippen LogP contribution in [0.15, 0.2) is 17.0 Å². The van der Waals surface area contributed by atoms with Crippen LogP contribution in [-0.2, 0) is 10.0 Å². The zero-order valence-corrected chi connectivity index (χ0v) is 11.2. The summed E-state index contributed by atoms with van der Waals surface area (Å²) in [6, 6.07) is 2.07. The Labute approximate surface area is 111 Å². The molecular weight excluding hydrogens is 270 g/mol. The Bertz CT molecular complexity index is 619. The van der Waals surface area contributed by atoms with Gasteiger partial charge in [0.1, 0.15) is 11.3 Å². The standard InChI is InChI=1S/C12H15NO5S/c1-7-5-10(14)9(12(15)16)6-11(7)19(17,18)13-8-3-2-4-8/h5-6,8,13-14H,2-4H2,1H3,(H,15,16). The summed E-state index contributed by atoms with van der Waals surface area (Å²) >= 11 is 0. The van der Waals surface area contributed by atoms with E-state index >= 15 is 0 Å². The van der Waals surface area contributed by atoms with Crippen LogP contribution in [0.4, 0.5) is 0 Å². The van der Waals surface area contributed by atoms with Crippen molar-refractivity contribution in [3.63, 3.8) is 0 Å². The van der Waals surface area contributed by atoms with E-state index in [2.05, 4.69) is 4.72 Å². The number of carbonyl (C=O) groups is 1. The summed E-state index contributed by atoms with van der Waals surface area (Å²) in [7, 11) is -3.75. The average molecular weight is 285 g/mol. The molecule has 0 heterocycles. The highest BCUT2D eigenvalue weighted by atomic mass is 32.2. The van der Waals surface area contributed by atoms with Crippen molar-refractivity contribution < 1.29 is 23.4 Å². The molecule has 1 saturated carbocycles. The fourth-order valence-electron chi connectivity index (χ4n) is 1.94. The Kier molecular flexibility index (Phi) is 3.51. The molecule has 1 aromatic carbocycles. The summed E-state index contributed by atoms with van der Waals surface area (Å²) in [5.74, 6) is -1.80. The Balaban J connectivity index is 2.43. The number of sulfonamides is 1. The minimum Gasteiger partial charge on any atom is -0.507 e. The predicted octanol–water partition coefficient (Wildman–Crippen LogP) is 1.23. The Morgan fingerprint density at radius 2 is 2.00 bits per heavy atom. The molecular formula is C12H15NO5S. The lowest BCUT2D eigenvalue weighted by Crippen LogP contribution is -2.39. The van der Waals surface area contributed by atoms with Crippen molar-refractivity contribution in [1.29, 1.82) is 0 Å². The van der Waals surface area contributed by atoms with E-state index in [9.17, 15) is 18.3 Å². The Hall–Kier alpha value is -1.60. The second kappa shape index (κ2) is 4.82. The highest BCUT2D eigenvalue weighted by Crippen LogP contribution is 2.27. The molecule has 0 unspecified atom stereocenters. The van der Waals surface area contributed by atoms with Crippen LogP contribution in [0.5, 0.6) is 5.75 Å². The van der Waals surface area contributed by atoms with Gasteiger partial charge in [0.15, 0.2) is 0 Å². The summed E-state index contributed by atoms with van der Waals surface area (Å²) < 4.78 is 26.8. The van der Waals surface area contributed by atoms with Crippen LogP contribution in [0.2, 0.25) is 0 Å². The maximum Gasteiger partial charge on any atom is 0.339 e. The van der Waals surface area contributed by atoms with Gasteiger partial charge in [-0.1, -0.05) is 6.42 Å². The smallest absolute Gasteiger partial charge is 0.339 e. The minimum atomic E-state index is -3.75. The zero-order chi connectivity index (χ0) is 14.2. The molecule has 0 aromatic heterocycles. The largest absolute Gasteiger partial charge is 0.507 e. The molecule has 0 bridgehead atoms. The summed E-state index contributed by atoms with van der Waals surface area (Å²) in [6.45, 7) is 1.51. The van der Waals surface area contributed by atoms with Crippen LogP contribution in [0.3, 0.4) is 0 Å². The number of carboxylic acids is 1. The van der Waals surface area contributed by atoms with E-state index in [1.807, 2.05) is 0 Å². The maximum atomic E-state index is 12.2. The topological polar surface area (TPSA) is 104 Å². The van der Waals surface area contributed by atoms with E-state index in [4.69, 9.17) is 5.11 Å². The number of aromatic carboxylic acids is 1. The molecule has 19 heavy (non-hydrogen) atoms. The molecule has 0 saturated heterocycles. The fourth-order valence-corrected chi connectivity index (χ4v) is 3.50. The van der Waals surface area contributed by atoms with Gasteiger partial charge in [-0.3, -0.25) is 0 Å². The third-order valence-electron chi connectivity index (χ3n) is 3.24. The summed E-state index contributed by atoms with van der Waals surface area (Å²) in [4.78, 5) is 10.8. The zero-order valence-electron chi connectivity index (χ0n) is 10.4. The molecule has 104 valence electrons. The quantitative estimate of drug-likeness (QED) is 0.772. The number of aromatic hydroxyl groups is 1. The number of hydrogen-bond acceptors (Lipinski definition) is 4. The maximum absolute atomic E-state index is 12.2. The molecule has 0 amide bonds. The molecule has 0 radical (unpaired) electrons. The van der Waals surface area contributed by atoms with Crippen molar-refractivity contribution in [2.24, 2.45) is 0 Å². The number of aryl methyl sites for hydroxylation is 1. The Morgan fingerprint density at radius 1 is 1.37 bits per heavy atom. The van der Waals surface area contributed by atoms with Crippen molar-refractivity contribution in [3.05, 3.63) is 23.3 Å². The molecule has 3 N–H and O–H groups in total. The first-order chi connectivity index (χ1) is 8.81. The Morgan fingerprint density at radius 3 is 2.47 bits per heavy atom. The van der Waals surface area contributed by atoms with Gasteiger partial charge in [-0.05, 0) is 37.5 Å². The lowest BCUT2D eigenvalue weighted by molar-refractivity contribution is 0.0693. The molecule has 0 spiro atoms. The number of nitrogens with one attached hydrogen (secondary N) is 1. The lowest BCUT2D eigenvalue weighted by atomic mass is 9.94. The highest BCUT2D eigenvalue weighted by Gasteiger charge is 2.27. The molecule has 0 aliphatic heterocycles. The molecule has 1 aliphatic rings. The third-order valence-corrected chi connectivity index (χ3v) is 4.90. The van der Waals surface area contributed by atoms with Crippen LogP contribution >= 0.6 is 0 Å². The van der Waals surface area contributed by atoms with Crippen LogP contribution in [-0.4, -0.2) is 30.6 Å². The number of rotatable bonds is 4. The van der Waals surface area contributed by atoms with Crippen molar-refractivity contribution >= 4 is 16.0 Å². The number of carboxylic acid groups (broad SMARTS) is 1. The summed E-state index contributed by atoms with van der Waals surface area (Å²) in [5.41, 5.74) is -0.103. The van der Waals surface area contributed by atoms with Crippen molar-refractivity contribution in [2.75, 3.05) is 0 Å². The van der Waals surface area contributed by atoms with Crippen molar-refractivity contribution in [3.8, 4) is 5.75 Å². The van der Waals surface area contributed by atoms with E-state index in [0.29, 0.717) is 5.56 Å². The predicted molar refractivity (Wildman–Crippen MR) is 67.8 cm³/mol. The molecule has 0 atom stereocenters. The van der Waals surface area contributed by atoms with Gasteiger partial charge in [0.2, 0.25) is 10.0 Å². The second-order valence-corrected chi connectivity index (χ2v) is 6.37. The van der Waals surface area contributed by atoms with Gasteiger partial charge < -0.3 is 10.2 Å². The first-order valence-electron chi connectivity index (χ1n) is 5.90. The normalized spacial score (nSPS) is 16.1. The van der Waals surface area contributed by atoms with Gasteiger partial charge in [-0.15, -0.1) is 0 Å². The molecule has 1 fully saturated rings. The molecule has 1 aromatic rings. The molecule has 6 nitrogen and oxygen atoms in total.